The minimum atomic E-state index is 0.822. The Kier molecular flexibility index (Phi) is 2.14. The van der Waals surface area contributed by atoms with Crippen molar-refractivity contribution in [3.63, 3.8) is 0 Å². The summed E-state index contributed by atoms with van der Waals surface area (Å²) >= 11 is 0. The van der Waals surface area contributed by atoms with E-state index >= 15 is 0 Å². The van der Waals surface area contributed by atoms with Crippen molar-refractivity contribution >= 4 is 11.0 Å². The summed E-state index contributed by atoms with van der Waals surface area (Å²) in [5.41, 5.74) is 4.39. The van der Waals surface area contributed by atoms with Crippen LogP contribution in [0.25, 0.3) is 11.0 Å². The average molecular weight is 209 g/mol. The summed E-state index contributed by atoms with van der Waals surface area (Å²) in [6.07, 6.45) is 4.37. The summed E-state index contributed by atoms with van der Waals surface area (Å²) in [6, 6.07) is 12.1. The molecule has 3 rings (SSSR count). The highest BCUT2D eigenvalue weighted by molar-refractivity contribution is 5.78. The zero-order valence-electron chi connectivity index (χ0n) is 8.72. The standard InChI is InChI=1S/C13H11N3/c1-2-7-14-11(5-1)8-10-4-3-6-12-13(10)16-9-15-12/h1-7,9H,8H2,(H,15,16). The highest BCUT2D eigenvalue weighted by Crippen LogP contribution is 2.17. The smallest absolute Gasteiger partial charge is 0.0931 e. The summed E-state index contributed by atoms with van der Waals surface area (Å²) in [5, 5.41) is 0. The topological polar surface area (TPSA) is 41.6 Å². The molecule has 0 unspecified atom stereocenters. The lowest BCUT2D eigenvalue weighted by molar-refractivity contribution is 1.08. The van der Waals surface area contributed by atoms with Gasteiger partial charge in [-0.05, 0) is 23.8 Å². The molecule has 78 valence electrons. The molecule has 0 saturated carbocycles. The summed E-state index contributed by atoms with van der Waals surface area (Å²) in [4.78, 5) is 11.8. The number of rotatable bonds is 2. The van der Waals surface area contributed by atoms with E-state index in [9.17, 15) is 0 Å². The molecule has 0 bridgehead atoms. The van der Waals surface area contributed by atoms with E-state index in [4.69, 9.17) is 0 Å². The van der Waals surface area contributed by atoms with Crippen LogP contribution in [0.5, 0.6) is 0 Å². The first-order chi connectivity index (χ1) is 7.93. The van der Waals surface area contributed by atoms with Crippen molar-refractivity contribution in [2.75, 3.05) is 0 Å². The molecule has 1 aromatic carbocycles. The van der Waals surface area contributed by atoms with Crippen molar-refractivity contribution < 1.29 is 0 Å². The third kappa shape index (κ3) is 1.56. The van der Waals surface area contributed by atoms with E-state index in [0.29, 0.717) is 0 Å². The van der Waals surface area contributed by atoms with Gasteiger partial charge < -0.3 is 4.98 Å². The number of imidazole rings is 1. The summed E-state index contributed by atoms with van der Waals surface area (Å²) in [5.74, 6) is 0. The number of pyridine rings is 1. The average Bonchev–Trinajstić information content (AvgIpc) is 2.80. The number of nitrogens with one attached hydrogen (secondary N) is 1. The van der Waals surface area contributed by atoms with E-state index in [0.717, 1.165) is 23.1 Å². The van der Waals surface area contributed by atoms with E-state index < -0.39 is 0 Å². The highest BCUT2D eigenvalue weighted by Gasteiger charge is 2.04. The van der Waals surface area contributed by atoms with Crippen LogP contribution in [-0.2, 0) is 6.42 Å². The first kappa shape index (κ1) is 9.09. The monoisotopic (exact) mass is 209 g/mol. The number of H-pyrrole nitrogens is 1. The van der Waals surface area contributed by atoms with Gasteiger partial charge in [0.15, 0.2) is 0 Å². The van der Waals surface area contributed by atoms with Crippen molar-refractivity contribution in [1.29, 1.82) is 0 Å². The molecule has 0 radical (unpaired) electrons. The summed E-state index contributed by atoms with van der Waals surface area (Å²) in [7, 11) is 0. The predicted octanol–water partition coefficient (Wildman–Crippen LogP) is 2.55. The number of para-hydroxylation sites is 1. The maximum atomic E-state index is 4.33. The van der Waals surface area contributed by atoms with E-state index in [1.54, 1.807) is 6.33 Å². The first-order valence-corrected chi connectivity index (χ1v) is 5.24. The zero-order chi connectivity index (χ0) is 10.8. The Balaban J connectivity index is 2.04. The molecule has 0 fully saturated rings. The van der Waals surface area contributed by atoms with Crippen LogP contribution in [0.15, 0.2) is 48.9 Å². The van der Waals surface area contributed by atoms with Gasteiger partial charge in [0, 0.05) is 18.3 Å². The third-order valence-electron chi connectivity index (χ3n) is 2.63. The molecule has 3 nitrogen and oxygen atoms in total. The Hall–Kier alpha value is -2.16. The van der Waals surface area contributed by atoms with Gasteiger partial charge in [-0.3, -0.25) is 4.98 Å². The zero-order valence-corrected chi connectivity index (χ0v) is 8.72. The number of nitrogens with zero attached hydrogens (tertiary/aromatic N) is 2. The Morgan fingerprint density at radius 1 is 1.00 bits per heavy atom. The second kappa shape index (κ2) is 3.77. The number of benzene rings is 1. The van der Waals surface area contributed by atoms with Gasteiger partial charge in [0.2, 0.25) is 0 Å². The van der Waals surface area contributed by atoms with Crippen molar-refractivity contribution in [3.05, 3.63) is 60.2 Å². The van der Waals surface area contributed by atoms with Crippen LogP contribution in [0, 0.1) is 0 Å². The second-order valence-corrected chi connectivity index (χ2v) is 3.71. The summed E-state index contributed by atoms with van der Waals surface area (Å²) < 4.78 is 0. The number of hydrogen-bond acceptors (Lipinski definition) is 2. The Labute approximate surface area is 93.2 Å². The van der Waals surface area contributed by atoms with Crippen LogP contribution in [0.2, 0.25) is 0 Å². The van der Waals surface area contributed by atoms with E-state index in [2.05, 4.69) is 21.0 Å². The van der Waals surface area contributed by atoms with Gasteiger partial charge in [-0.15, -0.1) is 0 Å². The molecule has 16 heavy (non-hydrogen) atoms. The largest absolute Gasteiger partial charge is 0.345 e. The van der Waals surface area contributed by atoms with Crippen molar-refractivity contribution in [1.82, 2.24) is 15.0 Å². The number of aromatic nitrogens is 3. The molecule has 2 heterocycles. The Morgan fingerprint density at radius 3 is 2.88 bits per heavy atom. The van der Waals surface area contributed by atoms with E-state index in [-0.39, 0.29) is 0 Å². The van der Waals surface area contributed by atoms with Crippen LogP contribution in [0.4, 0.5) is 0 Å². The number of hydrogen-bond donors (Lipinski definition) is 1. The fourth-order valence-electron chi connectivity index (χ4n) is 1.87. The maximum absolute atomic E-state index is 4.33. The van der Waals surface area contributed by atoms with Gasteiger partial charge in [-0.25, -0.2) is 4.98 Å². The molecule has 0 aliphatic heterocycles. The maximum Gasteiger partial charge on any atom is 0.0931 e. The van der Waals surface area contributed by atoms with Gasteiger partial charge in [0.25, 0.3) is 0 Å². The fourth-order valence-corrected chi connectivity index (χ4v) is 1.87. The van der Waals surface area contributed by atoms with Crippen LogP contribution in [0.1, 0.15) is 11.3 Å². The lowest BCUT2D eigenvalue weighted by Gasteiger charge is -2.01. The van der Waals surface area contributed by atoms with E-state index in [1.807, 2.05) is 36.5 Å². The predicted molar refractivity (Wildman–Crippen MR) is 63.1 cm³/mol. The Bertz CT molecular complexity index is 599. The van der Waals surface area contributed by atoms with Gasteiger partial charge in [-0.1, -0.05) is 18.2 Å². The van der Waals surface area contributed by atoms with Crippen molar-refractivity contribution in [2.45, 2.75) is 6.42 Å². The lowest BCUT2D eigenvalue weighted by atomic mass is 10.1. The van der Waals surface area contributed by atoms with E-state index in [1.165, 1.54) is 5.56 Å². The molecule has 0 amide bonds. The van der Waals surface area contributed by atoms with Crippen molar-refractivity contribution in [3.8, 4) is 0 Å². The minimum Gasteiger partial charge on any atom is -0.345 e. The molecular formula is C13H11N3. The van der Waals surface area contributed by atoms with Gasteiger partial charge in [0.05, 0.1) is 17.4 Å². The third-order valence-corrected chi connectivity index (χ3v) is 2.63. The Morgan fingerprint density at radius 2 is 2.00 bits per heavy atom. The molecule has 0 aliphatic rings. The minimum absolute atomic E-state index is 0.822. The molecule has 0 spiro atoms. The number of fused-ring (bicyclic) bond motifs is 1. The second-order valence-electron chi connectivity index (χ2n) is 3.71. The van der Waals surface area contributed by atoms with Crippen molar-refractivity contribution in [2.24, 2.45) is 0 Å². The fraction of sp³-hybridized carbons (Fsp3) is 0.0769. The van der Waals surface area contributed by atoms with Gasteiger partial charge in [0.1, 0.15) is 0 Å². The molecule has 3 aromatic rings. The first-order valence-electron chi connectivity index (χ1n) is 5.24. The molecule has 1 N–H and O–H groups in total. The summed E-state index contributed by atoms with van der Waals surface area (Å²) in [6.45, 7) is 0. The van der Waals surface area contributed by atoms with Crippen LogP contribution < -0.4 is 0 Å². The normalized spacial score (nSPS) is 10.8. The lowest BCUT2D eigenvalue weighted by Crippen LogP contribution is -1.92. The van der Waals surface area contributed by atoms with Gasteiger partial charge in [-0.2, -0.15) is 0 Å². The van der Waals surface area contributed by atoms with Crippen LogP contribution >= 0.6 is 0 Å². The molecular weight excluding hydrogens is 198 g/mol. The molecule has 2 aromatic heterocycles. The number of aromatic amines is 1. The molecule has 0 aliphatic carbocycles. The quantitative estimate of drug-likeness (QED) is 0.704. The van der Waals surface area contributed by atoms with Crippen LogP contribution in [0.3, 0.4) is 0 Å². The molecule has 3 heteroatoms. The van der Waals surface area contributed by atoms with Gasteiger partial charge >= 0.3 is 0 Å². The molecule has 0 saturated heterocycles. The molecule has 0 atom stereocenters. The highest BCUT2D eigenvalue weighted by atomic mass is 14.9. The SMILES string of the molecule is c1ccc(Cc2cccc3[nH]cnc23)nc1. The van der Waals surface area contributed by atoms with Crippen LogP contribution in [-0.4, -0.2) is 15.0 Å².